The van der Waals surface area contributed by atoms with Crippen LogP contribution in [0.3, 0.4) is 0 Å². The van der Waals surface area contributed by atoms with Crippen LogP contribution in [0.1, 0.15) is 29.3 Å². The lowest BCUT2D eigenvalue weighted by molar-refractivity contribution is 0.0649. The number of amides is 1. The van der Waals surface area contributed by atoms with E-state index in [4.69, 9.17) is 0 Å². The molecule has 6 heteroatoms. The van der Waals surface area contributed by atoms with Crippen LogP contribution >= 0.6 is 0 Å². The van der Waals surface area contributed by atoms with Crippen molar-refractivity contribution in [3.63, 3.8) is 0 Å². The number of aryl methyl sites for hydroxylation is 1. The molecule has 0 N–H and O–H groups in total. The number of nitrogens with zero attached hydrogens (tertiary/aromatic N) is 4. The van der Waals surface area contributed by atoms with Gasteiger partial charge in [-0.3, -0.25) is 14.0 Å². The van der Waals surface area contributed by atoms with Crippen molar-refractivity contribution in [2.75, 3.05) is 24.5 Å². The third-order valence-corrected chi connectivity index (χ3v) is 5.43. The summed E-state index contributed by atoms with van der Waals surface area (Å²) < 4.78 is 1.45. The largest absolute Gasteiger partial charge is 0.368 e. The predicted molar refractivity (Wildman–Crippen MR) is 110 cm³/mol. The Kier molecular flexibility index (Phi) is 4.86. The molecule has 0 saturated carbocycles. The fraction of sp³-hybridized carbons (Fsp3) is 0.318. The summed E-state index contributed by atoms with van der Waals surface area (Å²) in [6.45, 7) is 6.11. The first kappa shape index (κ1) is 18.2. The highest BCUT2D eigenvalue weighted by Crippen LogP contribution is 2.21. The van der Waals surface area contributed by atoms with Gasteiger partial charge >= 0.3 is 0 Å². The van der Waals surface area contributed by atoms with Crippen molar-refractivity contribution in [2.45, 2.75) is 26.3 Å². The SMILES string of the molecule is CCC1CN(c2ccccc2)CCN1C(=O)c1cnc2cc(C)ccn2c1=O. The summed E-state index contributed by atoms with van der Waals surface area (Å²) in [6.07, 6.45) is 3.94. The molecule has 28 heavy (non-hydrogen) atoms. The molecular formula is C22H24N4O2. The summed E-state index contributed by atoms with van der Waals surface area (Å²) in [5, 5.41) is 0. The lowest BCUT2D eigenvalue weighted by Crippen LogP contribution is -2.55. The molecule has 1 aliphatic rings. The number of carbonyl (C=O) groups excluding carboxylic acids is 1. The van der Waals surface area contributed by atoms with Gasteiger partial charge in [-0.05, 0) is 43.2 Å². The van der Waals surface area contributed by atoms with E-state index in [0.29, 0.717) is 12.2 Å². The van der Waals surface area contributed by atoms with E-state index in [2.05, 4.69) is 28.9 Å². The highest BCUT2D eigenvalue weighted by atomic mass is 16.2. The summed E-state index contributed by atoms with van der Waals surface area (Å²) in [5.41, 5.74) is 2.57. The third kappa shape index (κ3) is 3.26. The van der Waals surface area contributed by atoms with E-state index in [9.17, 15) is 9.59 Å². The smallest absolute Gasteiger partial charge is 0.270 e. The van der Waals surface area contributed by atoms with E-state index in [-0.39, 0.29) is 23.1 Å². The maximum atomic E-state index is 13.2. The number of rotatable bonds is 3. The standard InChI is InChI=1S/C22H24N4O2/c1-3-17-15-24(18-7-5-4-6-8-18)11-12-25(17)21(27)19-14-23-20-13-16(2)9-10-26(20)22(19)28/h4-10,13-14,17H,3,11-12,15H2,1-2H3. The van der Waals surface area contributed by atoms with Crippen molar-refractivity contribution in [1.29, 1.82) is 0 Å². The second kappa shape index (κ2) is 7.46. The molecule has 4 rings (SSSR count). The van der Waals surface area contributed by atoms with Gasteiger partial charge < -0.3 is 9.80 Å². The van der Waals surface area contributed by atoms with Crippen LogP contribution in [0.15, 0.2) is 59.7 Å². The highest BCUT2D eigenvalue weighted by molar-refractivity contribution is 5.94. The van der Waals surface area contributed by atoms with Gasteiger partial charge in [0.05, 0.1) is 0 Å². The fourth-order valence-corrected chi connectivity index (χ4v) is 3.82. The Morgan fingerprint density at radius 2 is 1.96 bits per heavy atom. The maximum absolute atomic E-state index is 13.2. The molecule has 0 bridgehead atoms. The lowest BCUT2D eigenvalue weighted by atomic mass is 10.1. The summed E-state index contributed by atoms with van der Waals surface area (Å²) in [6, 6.07) is 14.0. The number of hydrogen-bond donors (Lipinski definition) is 0. The molecule has 6 nitrogen and oxygen atoms in total. The van der Waals surface area contributed by atoms with Crippen LogP contribution < -0.4 is 10.5 Å². The van der Waals surface area contributed by atoms with Gasteiger partial charge in [0.25, 0.3) is 11.5 Å². The normalized spacial score (nSPS) is 17.1. The van der Waals surface area contributed by atoms with E-state index < -0.39 is 0 Å². The van der Waals surface area contributed by atoms with Gasteiger partial charge in [0.1, 0.15) is 11.2 Å². The number of para-hydroxylation sites is 1. The van der Waals surface area contributed by atoms with E-state index in [1.807, 2.05) is 42.2 Å². The molecular weight excluding hydrogens is 352 g/mol. The second-order valence-electron chi connectivity index (χ2n) is 7.25. The van der Waals surface area contributed by atoms with Crippen LogP contribution in [0.5, 0.6) is 0 Å². The summed E-state index contributed by atoms with van der Waals surface area (Å²) in [4.78, 5) is 34.5. The molecule has 3 heterocycles. The van der Waals surface area contributed by atoms with E-state index in [0.717, 1.165) is 30.8 Å². The molecule has 1 unspecified atom stereocenters. The molecule has 1 saturated heterocycles. The van der Waals surface area contributed by atoms with Gasteiger partial charge in [0, 0.05) is 43.8 Å². The third-order valence-electron chi connectivity index (χ3n) is 5.43. The summed E-state index contributed by atoms with van der Waals surface area (Å²) in [7, 11) is 0. The minimum absolute atomic E-state index is 0.0552. The Hall–Kier alpha value is -3.15. The second-order valence-corrected chi connectivity index (χ2v) is 7.25. The molecule has 1 aliphatic heterocycles. The van der Waals surface area contributed by atoms with Gasteiger partial charge in [0.2, 0.25) is 0 Å². The average molecular weight is 376 g/mol. The quantitative estimate of drug-likeness (QED) is 0.705. The molecule has 1 fully saturated rings. The van der Waals surface area contributed by atoms with Crippen molar-refractivity contribution >= 4 is 17.2 Å². The van der Waals surface area contributed by atoms with Crippen molar-refractivity contribution in [3.05, 3.63) is 76.3 Å². The van der Waals surface area contributed by atoms with Gasteiger partial charge in [0.15, 0.2) is 0 Å². The van der Waals surface area contributed by atoms with E-state index in [1.165, 1.54) is 10.6 Å². The Labute approximate surface area is 164 Å². The van der Waals surface area contributed by atoms with Crippen LogP contribution in [0.25, 0.3) is 5.65 Å². The minimum Gasteiger partial charge on any atom is -0.368 e. The zero-order valence-electron chi connectivity index (χ0n) is 16.2. The summed E-state index contributed by atoms with van der Waals surface area (Å²) in [5.74, 6) is -0.230. The number of hydrogen-bond acceptors (Lipinski definition) is 4. The number of pyridine rings is 1. The maximum Gasteiger partial charge on any atom is 0.270 e. The number of piperazine rings is 1. The van der Waals surface area contributed by atoms with E-state index in [1.54, 1.807) is 6.20 Å². The van der Waals surface area contributed by atoms with Crippen LogP contribution in [0.2, 0.25) is 0 Å². The molecule has 144 valence electrons. The Morgan fingerprint density at radius 3 is 2.71 bits per heavy atom. The Morgan fingerprint density at radius 1 is 1.18 bits per heavy atom. The van der Waals surface area contributed by atoms with Crippen molar-refractivity contribution in [1.82, 2.24) is 14.3 Å². The topological polar surface area (TPSA) is 57.9 Å². The van der Waals surface area contributed by atoms with Gasteiger partial charge in [-0.1, -0.05) is 25.1 Å². The van der Waals surface area contributed by atoms with Gasteiger partial charge in [-0.25, -0.2) is 4.98 Å². The Bertz CT molecular complexity index is 1060. The van der Waals surface area contributed by atoms with Gasteiger partial charge in [-0.2, -0.15) is 0 Å². The number of benzene rings is 1. The molecule has 0 radical (unpaired) electrons. The van der Waals surface area contributed by atoms with Crippen LogP contribution in [-0.4, -0.2) is 45.9 Å². The fourth-order valence-electron chi connectivity index (χ4n) is 3.82. The average Bonchev–Trinajstić information content (AvgIpc) is 2.73. The van der Waals surface area contributed by atoms with Crippen LogP contribution in [-0.2, 0) is 0 Å². The molecule has 0 spiro atoms. The monoisotopic (exact) mass is 376 g/mol. The predicted octanol–water partition coefficient (Wildman–Crippen LogP) is 2.74. The minimum atomic E-state index is -0.310. The summed E-state index contributed by atoms with van der Waals surface area (Å²) >= 11 is 0. The molecule has 0 aliphatic carbocycles. The zero-order chi connectivity index (χ0) is 19.7. The first-order valence-electron chi connectivity index (χ1n) is 9.67. The van der Waals surface area contributed by atoms with E-state index >= 15 is 0 Å². The van der Waals surface area contributed by atoms with Crippen molar-refractivity contribution < 1.29 is 4.79 Å². The van der Waals surface area contributed by atoms with Crippen molar-refractivity contribution in [2.24, 2.45) is 0 Å². The molecule has 2 aromatic heterocycles. The Balaban J connectivity index is 1.61. The number of carbonyl (C=O) groups is 1. The van der Waals surface area contributed by atoms with Crippen LogP contribution in [0.4, 0.5) is 5.69 Å². The molecule has 1 aromatic carbocycles. The van der Waals surface area contributed by atoms with Crippen LogP contribution in [0, 0.1) is 6.92 Å². The first-order chi connectivity index (χ1) is 13.6. The van der Waals surface area contributed by atoms with Gasteiger partial charge in [-0.15, -0.1) is 0 Å². The van der Waals surface area contributed by atoms with Crippen molar-refractivity contribution in [3.8, 4) is 0 Å². The molecule has 3 aromatic rings. The molecule has 1 atom stereocenters. The first-order valence-corrected chi connectivity index (χ1v) is 9.67. The number of aromatic nitrogens is 2. The number of fused-ring (bicyclic) bond motifs is 1. The number of anilines is 1. The molecule has 1 amide bonds. The lowest BCUT2D eigenvalue weighted by Gasteiger charge is -2.42. The highest BCUT2D eigenvalue weighted by Gasteiger charge is 2.31. The zero-order valence-corrected chi connectivity index (χ0v) is 16.2.